The Morgan fingerprint density at radius 1 is 1.05 bits per heavy atom. The molecular weight excluding hydrogens is 551 g/mol. The number of fused-ring (bicyclic) bond motifs is 1. The van der Waals surface area contributed by atoms with Gasteiger partial charge in [-0.25, -0.2) is 17.1 Å². The maximum Gasteiger partial charge on any atom is 0.269 e. The summed E-state index contributed by atoms with van der Waals surface area (Å²) in [7, 11) is -4.24. The van der Waals surface area contributed by atoms with Crippen LogP contribution in [0.3, 0.4) is 0 Å². The van der Waals surface area contributed by atoms with E-state index in [4.69, 9.17) is 4.74 Å². The molecule has 12 heteroatoms. The minimum absolute atomic E-state index is 0.00422. The van der Waals surface area contributed by atoms with Crippen molar-refractivity contribution < 1.29 is 31.9 Å². The third-order valence-corrected chi connectivity index (χ3v) is 9.68. The second-order valence-corrected chi connectivity index (χ2v) is 12.5. The van der Waals surface area contributed by atoms with Gasteiger partial charge in [-0.15, -0.1) is 0 Å². The highest BCUT2D eigenvalue weighted by Crippen LogP contribution is 2.31. The molecule has 5 rings (SSSR count). The van der Waals surface area contributed by atoms with Crippen LogP contribution in [0.4, 0.5) is 4.39 Å². The molecule has 3 amide bonds. The van der Waals surface area contributed by atoms with E-state index < -0.39 is 46.1 Å². The Bertz CT molecular complexity index is 1370. The van der Waals surface area contributed by atoms with Crippen molar-refractivity contribution in [2.75, 3.05) is 45.9 Å². The highest BCUT2D eigenvalue weighted by Gasteiger charge is 2.43. The quantitative estimate of drug-likeness (QED) is 0.454. The van der Waals surface area contributed by atoms with Crippen molar-refractivity contribution in [3.8, 4) is 0 Å². The summed E-state index contributed by atoms with van der Waals surface area (Å²) >= 11 is 0. The molecule has 2 atom stereocenters. The van der Waals surface area contributed by atoms with Crippen molar-refractivity contribution >= 4 is 27.7 Å². The average Bonchev–Trinajstić information content (AvgIpc) is 3.57. The van der Waals surface area contributed by atoms with Gasteiger partial charge in [0.05, 0.1) is 11.7 Å². The summed E-state index contributed by atoms with van der Waals surface area (Å²) in [4.78, 5) is 44.1. The summed E-state index contributed by atoms with van der Waals surface area (Å²) in [6, 6.07) is 9.98. The zero-order valence-electron chi connectivity index (χ0n) is 22.8. The topological polar surface area (TPSA) is 116 Å². The van der Waals surface area contributed by atoms with Gasteiger partial charge in [-0.1, -0.05) is 30.7 Å². The number of halogens is 1. The highest BCUT2D eigenvalue weighted by atomic mass is 32.2. The Kier molecular flexibility index (Phi) is 9.00. The molecule has 3 aliphatic heterocycles. The van der Waals surface area contributed by atoms with Crippen LogP contribution < -0.4 is 5.32 Å². The number of nitrogens with one attached hydrogen (secondary N) is 1. The van der Waals surface area contributed by atoms with Crippen LogP contribution in [0.25, 0.3) is 0 Å². The molecule has 2 aromatic carbocycles. The van der Waals surface area contributed by atoms with Gasteiger partial charge in [0, 0.05) is 26.2 Å². The lowest BCUT2D eigenvalue weighted by Crippen LogP contribution is -2.51. The SMILES string of the molecule is O=C(NC[C@H]1CCCO1)[C@@H](c1ccc(F)cc1)N(CCN1CCCCC1)C(=O)CN1C(=O)c2ccccc2S1(=O)=O. The molecule has 2 saturated heterocycles. The van der Waals surface area contributed by atoms with Crippen LogP contribution in [0.1, 0.15) is 54.1 Å². The van der Waals surface area contributed by atoms with E-state index in [0.29, 0.717) is 23.0 Å². The summed E-state index contributed by atoms with van der Waals surface area (Å²) in [6.07, 6.45) is 4.72. The second-order valence-electron chi connectivity index (χ2n) is 10.6. The third kappa shape index (κ3) is 6.44. The molecule has 2 aromatic rings. The number of carbonyl (C=O) groups is 3. The maximum atomic E-state index is 14.0. The van der Waals surface area contributed by atoms with Crippen molar-refractivity contribution in [2.24, 2.45) is 0 Å². The molecule has 0 bridgehead atoms. The fraction of sp³-hybridized carbons (Fsp3) is 0.483. The average molecular weight is 587 g/mol. The van der Waals surface area contributed by atoms with Crippen molar-refractivity contribution in [3.05, 3.63) is 65.5 Å². The first-order valence-electron chi connectivity index (χ1n) is 14.1. The number of ether oxygens (including phenoxy) is 1. The van der Waals surface area contributed by atoms with Crippen LogP contribution in [0.5, 0.6) is 0 Å². The van der Waals surface area contributed by atoms with Crippen molar-refractivity contribution in [1.29, 1.82) is 0 Å². The molecule has 3 aliphatic rings. The summed E-state index contributed by atoms with van der Waals surface area (Å²) in [6.45, 7) is 2.38. The van der Waals surface area contributed by atoms with E-state index in [1.54, 1.807) is 6.07 Å². The van der Waals surface area contributed by atoms with E-state index in [1.165, 1.54) is 47.4 Å². The largest absolute Gasteiger partial charge is 0.376 e. The molecular formula is C29H35FN4O6S. The molecule has 41 heavy (non-hydrogen) atoms. The number of rotatable bonds is 10. The molecule has 10 nitrogen and oxygen atoms in total. The minimum atomic E-state index is -4.24. The molecule has 2 fully saturated rings. The zero-order chi connectivity index (χ0) is 29.0. The number of nitrogens with zero attached hydrogens (tertiary/aromatic N) is 3. The van der Waals surface area contributed by atoms with Crippen molar-refractivity contribution in [1.82, 2.24) is 19.4 Å². The van der Waals surface area contributed by atoms with Crippen molar-refractivity contribution in [3.63, 3.8) is 0 Å². The maximum absolute atomic E-state index is 14.0. The van der Waals surface area contributed by atoms with Gasteiger partial charge in [-0.3, -0.25) is 14.4 Å². The first-order valence-corrected chi connectivity index (χ1v) is 15.5. The minimum Gasteiger partial charge on any atom is -0.376 e. The Hall–Kier alpha value is -3.35. The predicted octanol–water partition coefficient (Wildman–Crippen LogP) is 2.32. The number of amides is 3. The molecule has 0 spiro atoms. The van der Waals surface area contributed by atoms with Crippen molar-refractivity contribution in [2.45, 2.75) is 49.1 Å². The first kappa shape index (κ1) is 29.2. The highest BCUT2D eigenvalue weighted by molar-refractivity contribution is 7.90. The third-order valence-electron chi connectivity index (χ3n) is 7.89. The van der Waals surface area contributed by atoms with Gasteiger partial charge >= 0.3 is 0 Å². The molecule has 0 radical (unpaired) electrons. The molecule has 1 N–H and O–H groups in total. The summed E-state index contributed by atoms with van der Waals surface area (Å²) < 4.78 is 46.5. The number of piperidine rings is 1. The number of sulfonamides is 1. The summed E-state index contributed by atoms with van der Waals surface area (Å²) in [5.41, 5.74) is 0.381. The normalized spacial score (nSPS) is 21.0. The Labute approximate surface area is 239 Å². The van der Waals surface area contributed by atoms with E-state index in [1.807, 2.05) is 0 Å². The van der Waals surface area contributed by atoms with E-state index >= 15 is 0 Å². The zero-order valence-corrected chi connectivity index (χ0v) is 23.7. The number of benzene rings is 2. The van der Waals surface area contributed by atoms with Crippen LogP contribution in [-0.2, 0) is 24.3 Å². The Balaban J connectivity index is 1.44. The fourth-order valence-corrected chi connectivity index (χ4v) is 7.18. The Morgan fingerprint density at radius 3 is 2.46 bits per heavy atom. The molecule has 220 valence electrons. The lowest BCUT2D eigenvalue weighted by Gasteiger charge is -2.35. The van der Waals surface area contributed by atoms with Crippen LogP contribution in [-0.4, -0.2) is 92.2 Å². The van der Waals surface area contributed by atoms with Gasteiger partial charge in [0.1, 0.15) is 23.3 Å². The van der Waals surface area contributed by atoms with Crippen LogP contribution in [0.2, 0.25) is 0 Å². The standard InChI is InChI=1S/C29H35FN4O6S/c30-22-12-10-21(11-13-22)27(28(36)31-19-23-7-6-18-40-23)33(17-16-32-14-4-1-5-15-32)26(35)20-34-29(37)24-8-2-3-9-25(24)41(34,38)39/h2-3,8-13,23,27H,1,4-7,14-20H2,(H,31,36)/t23-,27-/m1/s1. The smallest absolute Gasteiger partial charge is 0.269 e. The van der Waals surface area contributed by atoms with E-state index in [9.17, 15) is 27.2 Å². The van der Waals surface area contributed by atoms with Gasteiger partial charge in [-0.2, -0.15) is 0 Å². The summed E-state index contributed by atoms with van der Waals surface area (Å²) in [5.74, 6) is -2.47. The van der Waals surface area contributed by atoms with E-state index in [0.717, 1.165) is 45.2 Å². The molecule has 0 unspecified atom stereocenters. The molecule has 0 saturated carbocycles. The number of carbonyl (C=O) groups excluding carboxylic acids is 3. The number of hydrogen-bond acceptors (Lipinski definition) is 7. The van der Waals surface area contributed by atoms with Crippen LogP contribution in [0.15, 0.2) is 53.4 Å². The number of hydrogen-bond donors (Lipinski definition) is 1. The van der Waals surface area contributed by atoms with Gasteiger partial charge in [-0.05, 0) is 68.6 Å². The second kappa shape index (κ2) is 12.7. The number of likely N-dealkylation sites (tertiary alicyclic amines) is 1. The lowest BCUT2D eigenvalue weighted by atomic mass is 10.0. The Morgan fingerprint density at radius 2 is 1.78 bits per heavy atom. The molecule has 3 heterocycles. The molecule has 0 aliphatic carbocycles. The van der Waals surface area contributed by atoms with Gasteiger partial charge in [0.15, 0.2) is 0 Å². The predicted molar refractivity (Wildman–Crippen MR) is 148 cm³/mol. The van der Waals surface area contributed by atoms with Gasteiger partial charge in [0.25, 0.3) is 15.9 Å². The van der Waals surface area contributed by atoms with Crippen LogP contribution in [0, 0.1) is 5.82 Å². The van der Waals surface area contributed by atoms with E-state index in [-0.39, 0.29) is 29.7 Å². The molecule has 0 aromatic heterocycles. The summed E-state index contributed by atoms with van der Waals surface area (Å²) in [5, 5.41) is 2.88. The van der Waals surface area contributed by atoms with Crippen LogP contribution >= 0.6 is 0 Å². The first-order chi connectivity index (χ1) is 19.8. The fourth-order valence-electron chi connectivity index (χ4n) is 5.67. The monoisotopic (exact) mass is 586 g/mol. The lowest BCUT2D eigenvalue weighted by molar-refractivity contribution is -0.141. The van der Waals surface area contributed by atoms with E-state index in [2.05, 4.69) is 10.2 Å². The van der Waals surface area contributed by atoms with Gasteiger partial charge in [0.2, 0.25) is 11.8 Å². The van der Waals surface area contributed by atoms with Gasteiger partial charge < -0.3 is 19.9 Å².